The Kier molecular flexibility index (Phi) is 8.89. The number of esters is 2. The predicted octanol–water partition coefficient (Wildman–Crippen LogP) is 5.31. The molecule has 0 unspecified atom stereocenters. The van der Waals surface area contributed by atoms with Crippen LogP contribution in [-0.2, 0) is 20.8 Å². The Bertz CT molecular complexity index is 1290. The summed E-state index contributed by atoms with van der Waals surface area (Å²) in [7, 11) is 0. The fraction of sp³-hybridized carbons (Fsp3) is 0.172. The van der Waals surface area contributed by atoms with E-state index in [4.69, 9.17) is 9.47 Å². The van der Waals surface area contributed by atoms with Gasteiger partial charge in [0.25, 0.3) is 5.91 Å². The largest absolute Gasteiger partial charge is 0.423 e. The number of ketones is 1. The summed E-state index contributed by atoms with van der Waals surface area (Å²) in [5.41, 5.74) is 3.93. The summed E-state index contributed by atoms with van der Waals surface area (Å²) in [6, 6.07) is 19.4. The first-order valence-corrected chi connectivity index (χ1v) is 11.4. The SMILES string of the molecule is CC(=O)Oc1ccc(/C=C/C(=O)CCc2ccc(NC(=O)c3ccc(C)cc3)cc2)cc1OC(C)=O. The number of carbonyl (C=O) groups excluding carboxylic acids is 4. The standard InChI is InChI=1S/C29H27NO6/c1-19-4-11-24(12-5-19)29(34)30-25-13-6-22(7-14-25)8-15-26(33)16-9-23-10-17-27(35-20(2)31)28(18-23)36-21(3)32/h4-7,9-14,16-18H,8,15H2,1-3H3,(H,30,34)/b16-9+. The topological polar surface area (TPSA) is 98.8 Å². The first-order chi connectivity index (χ1) is 17.2. The molecule has 3 aromatic rings. The van der Waals surface area contributed by atoms with Crippen LogP contribution < -0.4 is 14.8 Å². The summed E-state index contributed by atoms with van der Waals surface area (Å²) in [6.45, 7) is 4.46. The molecule has 0 saturated heterocycles. The van der Waals surface area contributed by atoms with Crippen molar-refractivity contribution in [1.29, 1.82) is 0 Å². The molecule has 36 heavy (non-hydrogen) atoms. The smallest absolute Gasteiger partial charge is 0.308 e. The van der Waals surface area contributed by atoms with E-state index in [0.717, 1.165) is 11.1 Å². The summed E-state index contributed by atoms with van der Waals surface area (Å²) < 4.78 is 10.1. The average molecular weight is 486 g/mol. The second-order valence-electron chi connectivity index (χ2n) is 8.21. The van der Waals surface area contributed by atoms with Gasteiger partial charge >= 0.3 is 11.9 Å². The lowest BCUT2D eigenvalue weighted by molar-refractivity contribution is -0.134. The van der Waals surface area contributed by atoms with Gasteiger partial charge in [0.1, 0.15) is 0 Å². The Morgan fingerprint density at radius 2 is 1.44 bits per heavy atom. The molecule has 1 amide bonds. The van der Waals surface area contributed by atoms with Crippen molar-refractivity contribution in [3.63, 3.8) is 0 Å². The second-order valence-corrected chi connectivity index (χ2v) is 8.21. The molecule has 0 atom stereocenters. The van der Waals surface area contributed by atoms with Gasteiger partial charge in [0.05, 0.1) is 0 Å². The molecule has 7 nitrogen and oxygen atoms in total. The van der Waals surface area contributed by atoms with Gasteiger partial charge in [0.15, 0.2) is 17.3 Å². The minimum Gasteiger partial charge on any atom is -0.423 e. The number of aryl methyl sites for hydroxylation is 2. The minimum atomic E-state index is -0.554. The zero-order valence-electron chi connectivity index (χ0n) is 20.4. The van der Waals surface area contributed by atoms with Crippen LogP contribution in [0, 0.1) is 6.92 Å². The van der Waals surface area contributed by atoms with E-state index in [2.05, 4.69) is 5.32 Å². The lowest BCUT2D eigenvalue weighted by atomic mass is 10.1. The van der Waals surface area contributed by atoms with Crippen molar-refractivity contribution < 1.29 is 28.7 Å². The van der Waals surface area contributed by atoms with Crippen LogP contribution in [0.2, 0.25) is 0 Å². The van der Waals surface area contributed by atoms with Crippen molar-refractivity contribution in [2.24, 2.45) is 0 Å². The lowest BCUT2D eigenvalue weighted by Crippen LogP contribution is -2.11. The average Bonchev–Trinajstić information content (AvgIpc) is 2.83. The number of benzene rings is 3. The second kappa shape index (κ2) is 12.3. The van der Waals surface area contributed by atoms with Crippen LogP contribution in [0.25, 0.3) is 6.08 Å². The maximum absolute atomic E-state index is 12.4. The number of hydrogen-bond donors (Lipinski definition) is 1. The number of allylic oxidation sites excluding steroid dienone is 1. The highest BCUT2D eigenvalue weighted by Crippen LogP contribution is 2.29. The van der Waals surface area contributed by atoms with E-state index >= 15 is 0 Å². The number of ether oxygens (including phenoxy) is 2. The van der Waals surface area contributed by atoms with Crippen molar-refractivity contribution in [2.75, 3.05) is 5.32 Å². The Labute approximate surface area is 209 Å². The molecule has 0 aromatic heterocycles. The van der Waals surface area contributed by atoms with Gasteiger partial charge < -0.3 is 14.8 Å². The molecule has 0 bridgehead atoms. The third-order valence-electron chi connectivity index (χ3n) is 5.12. The molecule has 0 saturated carbocycles. The normalized spacial score (nSPS) is 10.6. The zero-order chi connectivity index (χ0) is 26.1. The summed E-state index contributed by atoms with van der Waals surface area (Å²) in [4.78, 5) is 47.3. The van der Waals surface area contributed by atoms with E-state index < -0.39 is 11.9 Å². The van der Waals surface area contributed by atoms with E-state index in [9.17, 15) is 19.2 Å². The van der Waals surface area contributed by atoms with Crippen LogP contribution in [0.5, 0.6) is 11.5 Å². The highest BCUT2D eigenvalue weighted by molar-refractivity contribution is 6.04. The molecule has 0 radical (unpaired) electrons. The quantitative estimate of drug-likeness (QED) is 0.250. The highest BCUT2D eigenvalue weighted by Gasteiger charge is 2.11. The van der Waals surface area contributed by atoms with Crippen molar-refractivity contribution in [1.82, 2.24) is 0 Å². The van der Waals surface area contributed by atoms with Gasteiger partial charge in [-0.2, -0.15) is 0 Å². The number of nitrogens with one attached hydrogen (secondary N) is 1. The van der Waals surface area contributed by atoms with E-state index in [0.29, 0.717) is 29.7 Å². The van der Waals surface area contributed by atoms with Crippen LogP contribution in [0.4, 0.5) is 5.69 Å². The summed E-state index contributed by atoms with van der Waals surface area (Å²) >= 11 is 0. The maximum Gasteiger partial charge on any atom is 0.308 e. The number of rotatable bonds is 9. The molecule has 0 fully saturated rings. The molecular formula is C29H27NO6. The predicted molar refractivity (Wildman–Crippen MR) is 137 cm³/mol. The molecule has 184 valence electrons. The van der Waals surface area contributed by atoms with Crippen LogP contribution in [0.3, 0.4) is 0 Å². The van der Waals surface area contributed by atoms with Gasteiger partial charge in [-0.25, -0.2) is 0 Å². The van der Waals surface area contributed by atoms with Crippen molar-refractivity contribution >= 4 is 35.4 Å². The first-order valence-electron chi connectivity index (χ1n) is 11.4. The lowest BCUT2D eigenvalue weighted by Gasteiger charge is -2.09. The van der Waals surface area contributed by atoms with Crippen LogP contribution >= 0.6 is 0 Å². The molecule has 3 rings (SSSR count). The first kappa shape index (κ1) is 26.1. The van der Waals surface area contributed by atoms with Crippen LogP contribution in [0.1, 0.15) is 47.3 Å². The van der Waals surface area contributed by atoms with Crippen molar-refractivity contribution in [3.8, 4) is 11.5 Å². The fourth-order valence-corrected chi connectivity index (χ4v) is 3.31. The van der Waals surface area contributed by atoms with Gasteiger partial charge in [-0.3, -0.25) is 19.2 Å². The third-order valence-corrected chi connectivity index (χ3v) is 5.12. The molecular weight excluding hydrogens is 458 g/mol. The van der Waals surface area contributed by atoms with Crippen molar-refractivity contribution in [3.05, 3.63) is 95.1 Å². The Morgan fingerprint density at radius 3 is 2.08 bits per heavy atom. The minimum absolute atomic E-state index is 0.0788. The molecule has 0 spiro atoms. The number of carbonyl (C=O) groups is 4. The number of amides is 1. The van der Waals surface area contributed by atoms with Crippen LogP contribution in [-0.4, -0.2) is 23.6 Å². The molecule has 1 N–H and O–H groups in total. The van der Waals surface area contributed by atoms with Gasteiger partial charge in [0, 0.05) is 31.5 Å². The Morgan fingerprint density at radius 1 is 0.806 bits per heavy atom. The van der Waals surface area contributed by atoms with Crippen molar-refractivity contribution in [2.45, 2.75) is 33.6 Å². The molecule has 0 heterocycles. The number of hydrogen-bond acceptors (Lipinski definition) is 6. The monoisotopic (exact) mass is 485 g/mol. The molecule has 7 heteroatoms. The van der Waals surface area contributed by atoms with E-state index in [-0.39, 0.29) is 23.2 Å². The van der Waals surface area contributed by atoms with Gasteiger partial charge in [-0.05, 0) is 66.9 Å². The fourth-order valence-electron chi connectivity index (χ4n) is 3.31. The summed E-state index contributed by atoms with van der Waals surface area (Å²) in [5, 5.41) is 2.86. The molecule has 0 aliphatic heterocycles. The number of anilines is 1. The van der Waals surface area contributed by atoms with Crippen LogP contribution in [0.15, 0.2) is 72.8 Å². The summed E-state index contributed by atoms with van der Waals surface area (Å²) in [6.07, 6.45) is 3.90. The Balaban J connectivity index is 1.54. The third kappa shape index (κ3) is 8.06. The van der Waals surface area contributed by atoms with E-state index in [1.165, 1.54) is 32.1 Å². The molecule has 0 aliphatic rings. The Hall–Kier alpha value is -4.52. The van der Waals surface area contributed by atoms with E-state index in [1.54, 1.807) is 24.3 Å². The van der Waals surface area contributed by atoms with Gasteiger partial charge in [-0.15, -0.1) is 0 Å². The summed E-state index contributed by atoms with van der Waals surface area (Å²) in [5.74, 6) is -1.13. The van der Waals surface area contributed by atoms with Gasteiger partial charge in [0.2, 0.25) is 0 Å². The maximum atomic E-state index is 12.4. The zero-order valence-corrected chi connectivity index (χ0v) is 20.4. The van der Waals surface area contributed by atoms with E-state index in [1.807, 2.05) is 43.3 Å². The molecule has 3 aromatic carbocycles. The molecule has 0 aliphatic carbocycles. The van der Waals surface area contributed by atoms with Gasteiger partial charge in [-0.1, -0.05) is 42.0 Å². The highest BCUT2D eigenvalue weighted by atomic mass is 16.6.